The second-order valence-electron chi connectivity index (χ2n) is 3.22. The molecule has 0 spiro atoms. The predicted molar refractivity (Wildman–Crippen MR) is 50.0 cm³/mol. The Balaban J connectivity index is 3.21. The molecule has 0 aromatic heterocycles. The standard InChI is InChI=1S/C11H16/c1-5-11-7-9(3)8(2)6-10(11)4/h6-7H,5H2,1-4H3. The van der Waals surface area contributed by atoms with E-state index < -0.39 is 0 Å². The van der Waals surface area contributed by atoms with Gasteiger partial charge < -0.3 is 0 Å². The molecule has 0 saturated heterocycles. The molecule has 1 aromatic rings. The molecule has 0 radical (unpaired) electrons. The minimum Gasteiger partial charge on any atom is -0.0613 e. The van der Waals surface area contributed by atoms with E-state index in [1.54, 1.807) is 0 Å². The molecular formula is C11H16. The van der Waals surface area contributed by atoms with Gasteiger partial charge in [0.15, 0.2) is 0 Å². The van der Waals surface area contributed by atoms with Crippen molar-refractivity contribution >= 4 is 0 Å². The molecule has 0 aliphatic rings. The van der Waals surface area contributed by atoms with Crippen molar-refractivity contribution in [1.82, 2.24) is 0 Å². The molecule has 0 N–H and O–H groups in total. The van der Waals surface area contributed by atoms with Gasteiger partial charge in [-0.2, -0.15) is 0 Å². The molecule has 0 unspecified atom stereocenters. The first-order valence-corrected chi connectivity index (χ1v) is 4.22. The number of hydrogen-bond acceptors (Lipinski definition) is 0. The lowest BCUT2D eigenvalue weighted by Crippen LogP contribution is -1.90. The highest BCUT2D eigenvalue weighted by Crippen LogP contribution is 2.15. The Morgan fingerprint density at radius 1 is 0.909 bits per heavy atom. The van der Waals surface area contributed by atoms with Gasteiger partial charge in [0, 0.05) is 0 Å². The van der Waals surface area contributed by atoms with Gasteiger partial charge in [0.25, 0.3) is 0 Å². The Morgan fingerprint density at radius 2 is 1.45 bits per heavy atom. The van der Waals surface area contributed by atoms with E-state index >= 15 is 0 Å². The zero-order chi connectivity index (χ0) is 8.43. The Morgan fingerprint density at radius 3 is 2.00 bits per heavy atom. The van der Waals surface area contributed by atoms with Gasteiger partial charge in [-0.3, -0.25) is 0 Å². The van der Waals surface area contributed by atoms with E-state index in [1.165, 1.54) is 22.3 Å². The average Bonchev–Trinajstić information content (AvgIpc) is 1.97. The minimum atomic E-state index is 1.15. The van der Waals surface area contributed by atoms with Crippen LogP contribution in [0.4, 0.5) is 0 Å². The van der Waals surface area contributed by atoms with E-state index in [0.29, 0.717) is 0 Å². The summed E-state index contributed by atoms with van der Waals surface area (Å²) in [4.78, 5) is 0. The maximum absolute atomic E-state index is 2.30. The fraction of sp³-hybridized carbons (Fsp3) is 0.455. The minimum absolute atomic E-state index is 1.15. The lowest BCUT2D eigenvalue weighted by Gasteiger charge is -2.06. The monoisotopic (exact) mass is 148 g/mol. The van der Waals surface area contributed by atoms with E-state index in [0.717, 1.165) is 6.42 Å². The van der Waals surface area contributed by atoms with Gasteiger partial charge in [0.2, 0.25) is 0 Å². The normalized spacial score (nSPS) is 10.2. The topological polar surface area (TPSA) is 0 Å². The molecule has 0 bridgehead atoms. The number of hydrogen-bond donors (Lipinski definition) is 0. The van der Waals surface area contributed by atoms with Crippen molar-refractivity contribution in [2.24, 2.45) is 0 Å². The quantitative estimate of drug-likeness (QED) is 0.574. The maximum Gasteiger partial charge on any atom is -0.0305 e. The van der Waals surface area contributed by atoms with Crippen LogP contribution >= 0.6 is 0 Å². The molecular weight excluding hydrogens is 132 g/mol. The van der Waals surface area contributed by atoms with Gasteiger partial charge in [-0.1, -0.05) is 19.1 Å². The van der Waals surface area contributed by atoms with Gasteiger partial charge in [0.1, 0.15) is 0 Å². The first-order valence-electron chi connectivity index (χ1n) is 4.22. The van der Waals surface area contributed by atoms with Crippen molar-refractivity contribution in [3.8, 4) is 0 Å². The van der Waals surface area contributed by atoms with Crippen LogP contribution < -0.4 is 0 Å². The Kier molecular flexibility index (Phi) is 2.33. The van der Waals surface area contributed by atoms with Crippen LogP contribution in [0.1, 0.15) is 29.2 Å². The highest BCUT2D eigenvalue weighted by atomic mass is 14.0. The molecule has 0 nitrogen and oxygen atoms in total. The van der Waals surface area contributed by atoms with Crippen molar-refractivity contribution < 1.29 is 0 Å². The number of aryl methyl sites for hydroxylation is 4. The smallest absolute Gasteiger partial charge is 0.0305 e. The van der Waals surface area contributed by atoms with Gasteiger partial charge in [0.05, 0.1) is 0 Å². The van der Waals surface area contributed by atoms with Gasteiger partial charge in [-0.25, -0.2) is 0 Å². The summed E-state index contributed by atoms with van der Waals surface area (Å²) < 4.78 is 0. The fourth-order valence-electron chi connectivity index (χ4n) is 1.40. The van der Waals surface area contributed by atoms with Crippen LogP contribution in [0.15, 0.2) is 12.1 Å². The molecule has 0 atom stereocenters. The SMILES string of the molecule is CCc1cc(C)c(C)cc1C. The lowest BCUT2D eigenvalue weighted by molar-refractivity contribution is 1.09. The Labute approximate surface area is 69.3 Å². The van der Waals surface area contributed by atoms with Crippen molar-refractivity contribution in [3.05, 3.63) is 34.4 Å². The third kappa shape index (κ3) is 1.62. The summed E-state index contributed by atoms with van der Waals surface area (Å²) in [5, 5.41) is 0. The highest BCUT2D eigenvalue weighted by molar-refractivity contribution is 5.36. The second kappa shape index (κ2) is 3.08. The second-order valence-corrected chi connectivity index (χ2v) is 3.22. The first-order chi connectivity index (χ1) is 5.15. The molecule has 0 aliphatic carbocycles. The van der Waals surface area contributed by atoms with Gasteiger partial charge in [-0.15, -0.1) is 0 Å². The number of rotatable bonds is 1. The largest absolute Gasteiger partial charge is 0.0613 e. The van der Waals surface area contributed by atoms with Crippen molar-refractivity contribution in [2.45, 2.75) is 34.1 Å². The lowest BCUT2D eigenvalue weighted by atomic mass is 9.99. The van der Waals surface area contributed by atoms with Gasteiger partial charge in [-0.05, 0) is 49.4 Å². The molecule has 1 aromatic carbocycles. The van der Waals surface area contributed by atoms with Crippen molar-refractivity contribution in [2.75, 3.05) is 0 Å². The van der Waals surface area contributed by atoms with E-state index in [9.17, 15) is 0 Å². The average molecular weight is 148 g/mol. The molecule has 0 amide bonds. The van der Waals surface area contributed by atoms with Crippen LogP contribution in [-0.4, -0.2) is 0 Å². The highest BCUT2D eigenvalue weighted by Gasteiger charge is 1.98. The third-order valence-corrected chi connectivity index (χ3v) is 2.33. The van der Waals surface area contributed by atoms with Crippen LogP contribution in [0.5, 0.6) is 0 Å². The number of benzene rings is 1. The van der Waals surface area contributed by atoms with Crippen molar-refractivity contribution in [1.29, 1.82) is 0 Å². The molecule has 1 rings (SSSR count). The third-order valence-electron chi connectivity index (χ3n) is 2.33. The summed E-state index contributed by atoms with van der Waals surface area (Å²) in [6.45, 7) is 8.73. The Bertz CT molecular complexity index is 259. The molecule has 11 heavy (non-hydrogen) atoms. The maximum atomic E-state index is 2.30. The Hall–Kier alpha value is -0.780. The summed E-state index contributed by atoms with van der Waals surface area (Å²) in [6, 6.07) is 4.57. The zero-order valence-corrected chi connectivity index (χ0v) is 7.86. The molecule has 0 aliphatic heterocycles. The van der Waals surface area contributed by atoms with E-state index in [2.05, 4.69) is 39.8 Å². The van der Waals surface area contributed by atoms with Crippen LogP contribution in [0.2, 0.25) is 0 Å². The summed E-state index contributed by atoms with van der Waals surface area (Å²) in [6.07, 6.45) is 1.15. The predicted octanol–water partition coefficient (Wildman–Crippen LogP) is 3.17. The molecule has 0 saturated carbocycles. The van der Waals surface area contributed by atoms with E-state index in [4.69, 9.17) is 0 Å². The summed E-state index contributed by atoms with van der Waals surface area (Å²) in [7, 11) is 0. The van der Waals surface area contributed by atoms with Crippen LogP contribution in [-0.2, 0) is 6.42 Å². The zero-order valence-electron chi connectivity index (χ0n) is 7.86. The first kappa shape index (κ1) is 8.32. The molecule has 60 valence electrons. The van der Waals surface area contributed by atoms with Crippen LogP contribution in [0.3, 0.4) is 0 Å². The van der Waals surface area contributed by atoms with Crippen molar-refractivity contribution in [3.63, 3.8) is 0 Å². The molecule has 0 heteroatoms. The van der Waals surface area contributed by atoms with Crippen LogP contribution in [0.25, 0.3) is 0 Å². The van der Waals surface area contributed by atoms with E-state index in [-0.39, 0.29) is 0 Å². The van der Waals surface area contributed by atoms with Crippen LogP contribution in [0, 0.1) is 20.8 Å². The fourth-order valence-corrected chi connectivity index (χ4v) is 1.40. The summed E-state index contributed by atoms with van der Waals surface area (Å²) in [5.74, 6) is 0. The van der Waals surface area contributed by atoms with Gasteiger partial charge >= 0.3 is 0 Å². The molecule has 0 fully saturated rings. The molecule has 0 heterocycles. The van der Waals surface area contributed by atoms with E-state index in [1.807, 2.05) is 0 Å². The summed E-state index contributed by atoms with van der Waals surface area (Å²) in [5.41, 5.74) is 5.72. The summed E-state index contributed by atoms with van der Waals surface area (Å²) >= 11 is 0.